The van der Waals surface area contributed by atoms with Gasteiger partial charge in [-0.3, -0.25) is 9.59 Å². The van der Waals surface area contributed by atoms with Crippen LogP contribution in [0.4, 0.5) is 0 Å². The molecule has 0 radical (unpaired) electrons. The third-order valence-electron chi connectivity index (χ3n) is 6.75. The van der Waals surface area contributed by atoms with Gasteiger partial charge in [-0.2, -0.15) is 0 Å². The first kappa shape index (κ1) is 27.7. The molecular weight excluding hydrogens is 496 g/mol. The first-order chi connectivity index (χ1) is 18.7. The van der Waals surface area contributed by atoms with E-state index in [9.17, 15) is 19.8 Å². The number of hydrogen-bond donors (Lipinski definition) is 2. The smallest absolute Gasteiger partial charge is 0.295 e. The third kappa shape index (κ3) is 6.07. The number of hydrogen-bond acceptors (Lipinski definition) is 7. The Labute approximate surface area is 228 Å². The summed E-state index contributed by atoms with van der Waals surface area (Å²) in [6.07, 6.45) is 0.630. The van der Waals surface area contributed by atoms with E-state index in [2.05, 4.69) is 0 Å². The summed E-state index contributed by atoms with van der Waals surface area (Å²) >= 11 is 0. The van der Waals surface area contributed by atoms with Gasteiger partial charge in [0.05, 0.1) is 18.7 Å². The second-order valence-corrected chi connectivity index (χ2v) is 9.84. The molecule has 1 heterocycles. The van der Waals surface area contributed by atoms with Crippen LogP contribution in [-0.2, 0) is 16.2 Å². The van der Waals surface area contributed by atoms with Gasteiger partial charge in [0, 0.05) is 12.1 Å². The second-order valence-electron chi connectivity index (χ2n) is 9.84. The summed E-state index contributed by atoms with van der Waals surface area (Å²) in [6.45, 7) is 3.28. The quantitative estimate of drug-likeness (QED) is 0.223. The Morgan fingerprint density at radius 1 is 1.00 bits per heavy atom. The highest BCUT2D eigenvalue weighted by Gasteiger charge is 2.46. The van der Waals surface area contributed by atoms with Crippen LogP contribution >= 0.6 is 0 Å². The van der Waals surface area contributed by atoms with Crippen LogP contribution in [0, 0.1) is 6.92 Å². The number of aryl methyl sites for hydroxylation is 1. The van der Waals surface area contributed by atoms with Crippen LogP contribution in [-0.4, -0.2) is 66.0 Å². The van der Waals surface area contributed by atoms with E-state index in [4.69, 9.17) is 9.47 Å². The Hall–Kier alpha value is -4.30. The van der Waals surface area contributed by atoms with E-state index < -0.39 is 17.7 Å². The van der Waals surface area contributed by atoms with E-state index in [1.54, 1.807) is 30.3 Å². The van der Waals surface area contributed by atoms with Crippen molar-refractivity contribution in [2.75, 3.05) is 34.3 Å². The lowest BCUT2D eigenvalue weighted by Crippen LogP contribution is -2.32. The lowest BCUT2D eigenvalue weighted by atomic mass is 9.94. The number of ketones is 1. The molecule has 8 heteroatoms. The zero-order valence-electron chi connectivity index (χ0n) is 22.7. The van der Waals surface area contributed by atoms with E-state index in [1.807, 2.05) is 56.3 Å². The molecule has 1 saturated heterocycles. The Bertz CT molecular complexity index is 1380. The number of methoxy groups -OCH3 is 1. The monoisotopic (exact) mass is 530 g/mol. The van der Waals surface area contributed by atoms with Gasteiger partial charge in [-0.05, 0) is 81.0 Å². The van der Waals surface area contributed by atoms with E-state index in [-0.39, 0.29) is 22.8 Å². The number of phenols is 1. The Morgan fingerprint density at radius 3 is 2.36 bits per heavy atom. The van der Waals surface area contributed by atoms with Crippen LogP contribution in [0.25, 0.3) is 5.76 Å². The highest BCUT2D eigenvalue weighted by atomic mass is 16.5. The number of aliphatic hydroxyl groups excluding tert-OH is 1. The summed E-state index contributed by atoms with van der Waals surface area (Å²) in [7, 11) is 5.31. The van der Waals surface area contributed by atoms with Crippen molar-refractivity contribution in [1.29, 1.82) is 0 Å². The molecule has 8 nitrogen and oxygen atoms in total. The fourth-order valence-corrected chi connectivity index (χ4v) is 4.74. The molecule has 0 aromatic heterocycles. The van der Waals surface area contributed by atoms with Crippen molar-refractivity contribution in [3.05, 3.63) is 94.6 Å². The largest absolute Gasteiger partial charge is 0.507 e. The minimum Gasteiger partial charge on any atom is -0.507 e. The van der Waals surface area contributed by atoms with Gasteiger partial charge in [0.1, 0.15) is 18.1 Å². The Kier molecular flexibility index (Phi) is 8.56. The third-order valence-corrected chi connectivity index (χ3v) is 6.75. The second kappa shape index (κ2) is 12.0. The molecule has 0 aliphatic carbocycles. The van der Waals surface area contributed by atoms with Crippen molar-refractivity contribution >= 4 is 17.4 Å². The van der Waals surface area contributed by atoms with E-state index in [0.717, 1.165) is 11.1 Å². The minimum absolute atomic E-state index is 0.0215. The molecule has 1 fully saturated rings. The maximum absolute atomic E-state index is 13.3. The SMILES string of the molecule is COc1ccc(C2/C(=C(/O)c3ccc(OCc4ccccc4)c(C)c3)C(=O)C(=O)N2CCCN(C)C)cc1O. The first-order valence-corrected chi connectivity index (χ1v) is 12.8. The van der Waals surface area contributed by atoms with Gasteiger partial charge in [0.25, 0.3) is 11.7 Å². The lowest BCUT2D eigenvalue weighted by molar-refractivity contribution is -0.139. The fraction of sp³-hybridized carbons (Fsp3) is 0.290. The molecule has 0 bridgehead atoms. The number of phenolic OH excluding ortho intramolecular Hbond substituents is 1. The molecule has 3 aromatic rings. The van der Waals surface area contributed by atoms with Gasteiger partial charge in [-0.1, -0.05) is 36.4 Å². The van der Waals surface area contributed by atoms with Gasteiger partial charge < -0.3 is 29.5 Å². The molecule has 0 spiro atoms. The molecule has 1 aliphatic heterocycles. The summed E-state index contributed by atoms with van der Waals surface area (Å²) in [5, 5.41) is 21.9. The number of carbonyl (C=O) groups is 2. The van der Waals surface area contributed by atoms with E-state index in [1.165, 1.54) is 18.1 Å². The number of likely N-dealkylation sites (tertiary alicyclic amines) is 1. The van der Waals surface area contributed by atoms with Crippen molar-refractivity contribution in [3.8, 4) is 17.2 Å². The summed E-state index contributed by atoms with van der Waals surface area (Å²) in [4.78, 5) is 29.9. The number of benzene rings is 3. The van der Waals surface area contributed by atoms with Gasteiger partial charge in [-0.15, -0.1) is 0 Å². The van der Waals surface area contributed by atoms with Crippen LogP contribution in [0.15, 0.2) is 72.3 Å². The van der Waals surface area contributed by atoms with Crippen molar-refractivity contribution in [3.63, 3.8) is 0 Å². The molecule has 0 saturated carbocycles. The van der Waals surface area contributed by atoms with Crippen LogP contribution in [0.1, 0.15) is 34.7 Å². The van der Waals surface area contributed by atoms with Gasteiger partial charge in [0.15, 0.2) is 11.5 Å². The number of amides is 1. The number of carbonyl (C=O) groups excluding carboxylic acids is 2. The summed E-state index contributed by atoms with van der Waals surface area (Å²) in [6, 6.07) is 18.8. The highest BCUT2D eigenvalue weighted by Crippen LogP contribution is 2.42. The normalized spacial score (nSPS) is 16.6. The van der Waals surface area contributed by atoms with Gasteiger partial charge in [0.2, 0.25) is 0 Å². The Balaban J connectivity index is 1.71. The topological polar surface area (TPSA) is 99.5 Å². The van der Waals surface area contributed by atoms with Crippen molar-refractivity contribution in [2.45, 2.75) is 26.0 Å². The maximum atomic E-state index is 13.3. The predicted octanol–water partition coefficient (Wildman–Crippen LogP) is 4.66. The van der Waals surface area contributed by atoms with E-state index >= 15 is 0 Å². The van der Waals surface area contributed by atoms with Crippen molar-refractivity contribution in [2.24, 2.45) is 0 Å². The van der Waals surface area contributed by atoms with Crippen LogP contribution in [0.2, 0.25) is 0 Å². The number of nitrogens with zero attached hydrogens (tertiary/aromatic N) is 2. The zero-order chi connectivity index (χ0) is 28.1. The highest BCUT2D eigenvalue weighted by molar-refractivity contribution is 6.46. The number of ether oxygens (including phenoxy) is 2. The van der Waals surface area contributed by atoms with Crippen molar-refractivity contribution < 1.29 is 29.3 Å². The van der Waals surface area contributed by atoms with Crippen molar-refractivity contribution in [1.82, 2.24) is 9.80 Å². The molecule has 39 heavy (non-hydrogen) atoms. The maximum Gasteiger partial charge on any atom is 0.295 e. The van der Waals surface area contributed by atoms with Crippen LogP contribution < -0.4 is 9.47 Å². The number of Topliss-reactive ketones (excluding diaryl/α,β-unsaturated/α-hetero) is 1. The lowest BCUT2D eigenvalue weighted by Gasteiger charge is -2.26. The molecule has 3 aromatic carbocycles. The molecule has 2 N–H and O–H groups in total. The Morgan fingerprint density at radius 2 is 1.72 bits per heavy atom. The van der Waals surface area contributed by atoms with Crippen LogP contribution in [0.5, 0.6) is 17.2 Å². The van der Waals surface area contributed by atoms with Crippen LogP contribution in [0.3, 0.4) is 0 Å². The number of aliphatic hydroxyl groups is 1. The summed E-state index contributed by atoms with van der Waals surface area (Å²) in [5.74, 6) is -0.929. The number of rotatable bonds is 10. The number of aromatic hydroxyl groups is 1. The average Bonchev–Trinajstić information content (AvgIpc) is 3.17. The molecule has 1 aliphatic rings. The fourth-order valence-electron chi connectivity index (χ4n) is 4.74. The molecule has 1 unspecified atom stereocenters. The minimum atomic E-state index is -0.863. The van der Waals surface area contributed by atoms with Gasteiger partial charge in [-0.25, -0.2) is 0 Å². The molecule has 1 atom stereocenters. The molecule has 4 rings (SSSR count). The standard InChI is InChI=1S/C31H34N2O6/c1-20-17-23(12-13-25(20)39-19-21-9-6-5-7-10-21)29(35)27-28(22-11-14-26(38-4)24(34)18-22)33(31(37)30(27)36)16-8-15-32(2)3/h5-7,9-14,17-18,28,34-35H,8,15-16,19H2,1-4H3/b29-27-. The van der Waals surface area contributed by atoms with E-state index in [0.29, 0.717) is 43.0 Å². The predicted molar refractivity (Wildman–Crippen MR) is 149 cm³/mol. The first-order valence-electron chi connectivity index (χ1n) is 12.8. The molecular formula is C31H34N2O6. The molecule has 1 amide bonds. The average molecular weight is 531 g/mol. The van der Waals surface area contributed by atoms with Gasteiger partial charge >= 0.3 is 0 Å². The molecule has 204 valence electrons. The summed E-state index contributed by atoms with van der Waals surface area (Å²) in [5.41, 5.74) is 2.67. The zero-order valence-corrected chi connectivity index (χ0v) is 22.7. The summed E-state index contributed by atoms with van der Waals surface area (Å²) < 4.78 is 11.1.